The summed E-state index contributed by atoms with van der Waals surface area (Å²) >= 11 is 0. The summed E-state index contributed by atoms with van der Waals surface area (Å²) in [5.41, 5.74) is 2.84. The van der Waals surface area contributed by atoms with Crippen molar-refractivity contribution in [2.75, 3.05) is 18.0 Å². The van der Waals surface area contributed by atoms with Crippen molar-refractivity contribution in [2.45, 2.75) is 51.7 Å². The third-order valence-electron chi connectivity index (χ3n) is 6.01. The van der Waals surface area contributed by atoms with Crippen LogP contribution in [-0.4, -0.2) is 30.7 Å². The van der Waals surface area contributed by atoms with E-state index in [1.165, 1.54) is 6.07 Å². The number of aliphatic imine (C=N–C) groups is 2. The van der Waals surface area contributed by atoms with Gasteiger partial charge in [-0.1, -0.05) is 37.3 Å². The maximum Gasteiger partial charge on any atom is 0.418 e. The lowest BCUT2D eigenvalue weighted by molar-refractivity contribution is -0.137. The monoisotopic (exact) mass is 413 g/mol. The quantitative estimate of drug-likeness (QED) is 0.614. The van der Waals surface area contributed by atoms with Gasteiger partial charge < -0.3 is 4.90 Å². The van der Waals surface area contributed by atoms with E-state index in [4.69, 9.17) is 0 Å². The fraction of sp³-hybridized carbons (Fsp3) is 0.417. The van der Waals surface area contributed by atoms with E-state index < -0.39 is 11.7 Å². The van der Waals surface area contributed by atoms with Gasteiger partial charge >= 0.3 is 6.18 Å². The predicted octanol–water partition coefficient (Wildman–Crippen LogP) is 5.90. The van der Waals surface area contributed by atoms with Crippen LogP contribution in [0.5, 0.6) is 0 Å². The minimum absolute atomic E-state index is 0.106. The van der Waals surface area contributed by atoms with E-state index in [1.54, 1.807) is 12.1 Å². The minimum Gasteiger partial charge on any atom is -0.368 e. The maximum atomic E-state index is 13.9. The highest BCUT2D eigenvalue weighted by atomic mass is 19.4. The highest BCUT2D eigenvalue weighted by molar-refractivity contribution is 6.17. The molecular weight excluding hydrogens is 387 g/mol. The van der Waals surface area contributed by atoms with Gasteiger partial charge in [0.2, 0.25) is 0 Å². The van der Waals surface area contributed by atoms with Gasteiger partial charge in [0.1, 0.15) is 0 Å². The molecule has 4 rings (SSSR count). The second kappa shape index (κ2) is 8.25. The predicted molar refractivity (Wildman–Crippen MR) is 116 cm³/mol. The first-order valence-electron chi connectivity index (χ1n) is 10.6. The molecule has 1 unspecified atom stereocenters. The molecule has 30 heavy (non-hydrogen) atoms. The molecule has 2 aliphatic heterocycles. The van der Waals surface area contributed by atoms with Gasteiger partial charge in [0.25, 0.3) is 0 Å². The molecule has 1 fully saturated rings. The Kier molecular flexibility index (Phi) is 5.67. The zero-order valence-electron chi connectivity index (χ0n) is 17.3. The highest BCUT2D eigenvalue weighted by Crippen LogP contribution is 2.39. The average molecular weight is 413 g/mol. The van der Waals surface area contributed by atoms with E-state index in [9.17, 15) is 13.2 Å². The Morgan fingerprint density at radius 3 is 2.63 bits per heavy atom. The van der Waals surface area contributed by atoms with Crippen LogP contribution in [0.3, 0.4) is 0 Å². The Morgan fingerprint density at radius 1 is 1.10 bits per heavy atom. The molecule has 0 radical (unpaired) electrons. The third-order valence-corrected chi connectivity index (χ3v) is 6.01. The Hall–Kier alpha value is -2.63. The second-order valence-electron chi connectivity index (χ2n) is 7.98. The van der Waals surface area contributed by atoms with Crippen LogP contribution in [-0.2, 0) is 12.6 Å². The molecule has 2 heterocycles. The summed E-state index contributed by atoms with van der Waals surface area (Å²) in [5, 5.41) is 0. The van der Waals surface area contributed by atoms with Crippen LogP contribution in [0.4, 0.5) is 18.9 Å². The molecule has 0 N–H and O–H groups in total. The SMILES string of the molecule is CCc1ccccc1C1=NCC(c2ccc(N3CCCCC3C)c(C(F)(F)F)c2)=N1. The Balaban J connectivity index is 1.69. The summed E-state index contributed by atoms with van der Waals surface area (Å²) in [5.74, 6) is 0.602. The van der Waals surface area contributed by atoms with E-state index >= 15 is 0 Å². The van der Waals surface area contributed by atoms with Crippen LogP contribution in [0.25, 0.3) is 0 Å². The van der Waals surface area contributed by atoms with Crippen molar-refractivity contribution >= 4 is 17.2 Å². The number of hydrogen-bond acceptors (Lipinski definition) is 3. The van der Waals surface area contributed by atoms with Crippen molar-refractivity contribution in [1.82, 2.24) is 0 Å². The summed E-state index contributed by atoms with van der Waals surface area (Å²) in [7, 11) is 0. The van der Waals surface area contributed by atoms with Crippen LogP contribution < -0.4 is 4.90 Å². The largest absolute Gasteiger partial charge is 0.418 e. The van der Waals surface area contributed by atoms with Crippen molar-refractivity contribution in [2.24, 2.45) is 9.98 Å². The molecule has 1 saturated heterocycles. The first-order chi connectivity index (χ1) is 14.4. The van der Waals surface area contributed by atoms with Gasteiger partial charge in [0.05, 0.1) is 17.8 Å². The molecule has 0 aliphatic carbocycles. The molecular formula is C24H26F3N3. The lowest BCUT2D eigenvalue weighted by Crippen LogP contribution is -2.38. The number of aryl methyl sites for hydroxylation is 1. The fourth-order valence-electron chi connectivity index (χ4n) is 4.35. The minimum atomic E-state index is -4.42. The van der Waals surface area contributed by atoms with Crippen LogP contribution in [0.1, 0.15) is 55.4 Å². The molecule has 158 valence electrons. The van der Waals surface area contributed by atoms with Gasteiger partial charge in [0.15, 0.2) is 5.84 Å². The number of piperidine rings is 1. The number of hydrogen-bond donors (Lipinski definition) is 0. The van der Waals surface area contributed by atoms with Gasteiger partial charge in [-0.05, 0) is 55.9 Å². The topological polar surface area (TPSA) is 28.0 Å². The molecule has 2 aliphatic rings. The van der Waals surface area contributed by atoms with Crippen molar-refractivity contribution < 1.29 is 13.2 Å². The Labute approximate surface area is 175 Å². The first-order valence-corrected chi connectivity index (χ1v) is 10.6. The Bertz CT molecular complexity index is 991. The second-order valence-corrected chi connectivity index (χ2v) is 7.98. The number of anilines is 1. The molecule has 1 atom stereocenters. The summed E-state index contributed by atoms with van der Waals surface area (Å²) in [6, 6.07) is 12.6. The first kappa shape index (κ1) is 20.6. The molecule has 0 bridgehead atoms. The lowest BCUT2D eigenvalue weighted by atomic mass is 9.98. The standard InChI is InChI=1S/C24H26F3N3/c1-3-17-9-4-5-10-19(17)23-28-15-21(29-23)18-11-12-22(20(14-18)24(25,26)27)30-13-7-6-8-16(30)2/h4-5,9-12,14,16H,3,6-8,13,15H2,1-2H3. The number of benzene rings is 2. The number of rotatable bonds is 4. The molecule has 2 aromatic rings. The van der Waals surface area contributed by atoms with Crippen molar-refractivity contribution in [1.29, 1.82) is 0 Å². The molecule has 3 nitrogen and oxygen atoms in total. The van der Waals surface area contributed by atoms with Gasteiger partial charge in [-0.3, -0.25) is 4.99 Å². The molecule has 2 aromatic carbocycles. The van der Waals surface area contributed by atoms with Gasteiger partial charge in [0, 0.05) is 23.8 Å². The molecule has 6 heteroatoms. The van der Waals surface area contributed by atoms with Crippen LogP contribution >= 0.6 is 0 Å². The zero-order valence-corrected chi connectivity index (χ0v) is 17.3. The molecule has 0 spiro atoms. The van der Waals surface area contributed by atoms with Crippen molar-refractivity contribution in [3.05, 3.63) is 64.7 Å². The number of amidine groups is 1. The summed E-state index contributed by atoms with van der Waals surface area (Å²) in [6.07, 6.45) is -0.668. The van der Waals surface area contributed by atoms with Gasteiger partial charge in [-0.25, -0.2) is 4.99 Å². The average Bonchev–Trinajstić information content (AvgIpc) is 3.23. The summed E-state index contributed by atoms with van der Waals surface area (Å²) < 4.78 is 41.8. The normalized spacial score (nSPS) is 19.6. The van der Waals surface area contributed by atoms with E-state index in [0.29, 0.717) is 30.2 Å². The maximum absolute atomic E-state index is 13.9. The van der Waals surface area contributed by atoms with Crippen molar-refractivity contribution in [3.63, 3.8) is 0 Å². The summed E-state index contributed by atoms with van der Waals surface area (Å²) in [4.78, 5) is 11.0. The Morgan fingerprint density at radius 2 is 1.90 bits per heavy atom. The van der Waals surface area contributed by atoms with Crippen molar-refractivity contribution in [3.8, 4) is 0 Å². The zero-order chi connectivity index (χ0) is 21.3. The van der Waals surface area contributed by atoms with Crippen LogP contribution in [0, 0.1) is 0 Å². The third kappa shape index (κ3) is 4.00. The fourth-order valence-corrected chi connectivity index (χ4v) is 4.35. The number of alkyl halides is 3. The number of nitrogens with zero attached hydrogens (tertiary/aromatic N) is 3. The van der Waals surface area contributed by atoms with E-state index in [2.05, 4.69) is 16.9 Å². The molecule has 0 saturated carbocycles. The lowest BCUT2D eigenvalue weighted by Gasteiger charge is -2.37. The van der Waals surface area contributed by atoms with Crippen LogP contribution in [0.15, 0.2) is 52.4 Å². The molecule has 0 aromatic heterocycles. The number of halogens is 3. The van der Waals surface area contributed by atoms with Gasteiger partial charge in [-0.2, -0.15) is 13.2 Å². The van der Waals surface area contributed by atoms with E-state index in [1.807, 2.05) is 36.1 Å². The van der Waals surface area contributed by atoms with E-state index in [-0.39, 0.29) is 11.7 Å². The van der Waals surface area contributed by atoms with Gasteiger partial charge in [-0.15, -0.1) is 0 Å². The smallest absolute Gasteiger partial charge is 0.368 e. The molecule has 0 amide bonds. The highest BCUT2D eigenvalue weighted by Gasteiger charge is 2.37. The van der Waals surface area contributed by atoms with E-state index in [0.717, 1.165) is 36.8 Å². The summed E-state index contributed by atoms with van der Waals surface area (Å²) in [6.45, 7) is 5.02. The van der Waals surface area contributed by atoms with Crippen LogP contribution in [0.2, 0.25) is 0 Å².